The summed E-state index contributed by atoms with van der Waals surface area (Å²) in [4.78, 5) is 35.0. The molecule has 1 rings (SSSR count). The second kappa shape index (κ2) is 16.8. The molecule has 1 aromatic heterocycles. The van der Waals surface area contributed by atoms with E-state index in [-0.39, 0.29) is 25.0 Å². The molecule has 1 unspecified atom stereocenters. The van der Waals surface area contributed by atoms with E-state index in [9.17, 15) is 9.59 Å². The molecule has 0 fully saturated rings. The van der Waals surface area contributed by atoms with Gasteiger partial charge in [0.15, 0.2) is 0 Å². The first-order valence-electron chi connectivity index (χ1n) is 12.2. The molecule has 0 aliphatic rings. The number of hydrogen-bond donors (Lipinski definition) is 1. The van der Waals surface area contributed by atoms with E-state index >= 15 is 0 Å². The molecule has 0 aliphatic heterocycles. The van der Waals surface area contributed by atoms with E-state index in [1.165, 1.54) is 25.7 Å². The third-order valence-corrected chi connectivity index (χ3v) is 8.64. The molecule has 0 saturated heterocycles. The summed E-state index contributed by atoms with van der Waals surface area (Å²) in [5, 5.41) is 0.549. The van der Waals surface area contributed by atoms with E-state index in [0.29, 0.717) is 28.9 Å². The number of carbonyl (C=O) groups excluding carboxylic acids is 2. The summed E-state index contributed by atoms with van der Waals surface area (Å²) in [6.07, 6.45) is 10.2. The predicted octanol–water partition coefficient (Wildman–Crippen LogP) is 6.28. The maximum atomic E-state index is 12.0. The zero-order chi connectivity index (χ0) is 25.5. The number of aromatic nitrogens is 2. The van der Waals surface area contributed by atoms with Crippen molar-refractivity contribution < 1.29 is 14.3 Å². The zero-order valence-electron chi connectivity index (χ0n) is 21.6. The van der Waals surface area contributed by atoms with Crippen LogP contribution >= 0.6 is 21.6 Å². The summed E-state index contributed by atoms with van der Waals surface area (Å²) in [5.74, 6) is 0.588. The van der Waals surface area contributed by atoms with E-state index in [1.807, 2.05) is 31.6 Å². The van der Waals surface area contributed by atoms with Crippen molar-refractivity contribution in [3.05, 3.63) is 28.2 Å². The monoisotopic (exact) mass is 510 g/mol. The molecule has 7 nitrogen and oxygen atoms in total. The smallest absolute Gasteiger partial charge is 0.308 e. The number of ether oxygens (including phenoxy) is 1. The molecule has 0 aliphatic carbocycles. The highest BCUT2D eigenvalue weighted by Gasteiger charge is 2.18. The number of esters is 1. The second-order valence-electron chi connectivity index (χ2n) is 8.73. The molecule has 0 spiro atoms. The van der Waals surface area contributed by atoms with Crippen LogP contribution in [0.5, 0.6) is 0 Å². The summed E-state index contributed by atoms with van der Waals surface area (Å²) in [6.45, 7) is 12.4. The standard InChI is InChI=1S/C25H42N4O3S2/c1-7-9-10-12-22(11-8-2)33-34-23(13-14-32-25(31)18(3)4)19(5)29(17-30)16-21-15-27-20(6)28-24(21)26/h15,17-18,22H,7-14,16H2,1-6H3,(H2,26,27,28)/b23-19+. The van der Waals surface area contributed by atoms with E-state index < -0.39 is 0 Å². The highest BCUT2D eigenvalue weighted by Crippen LogP contribution is 2.41. The number of rotatable bonds is 17. The molecule has 34 heavy (non-hydrogen) atoms. The van der Waals surface area contributed by atoms with Crippen LogP contribution in [0.2, 0.25) is 0 Å². The summed E-state index contributed by atoms with van der Waals surface area (Å²) in [7, 11) is 3.56. The van der Waals surface area contributed by atoms with Crippen LogP contribution in [0.4, 0.5) is 5.82 Å². The zero-order valence-corrected chi connectivity index (χ0v) is 23.3. The molecular weight excluding hydrogens is 468 g/mol. The summed E-state index contributed by atoms with van der Waals surface area (Å²) >= 11 is 0. The third kappa shape index (κ3) is 11.1. The first-order valence-corrected chi connectivity index (χ1v) is 14.4. The van der Waals surface area contributed by atoms with Gasteiger partial charge in [-0.1, -0.05) is 75.0 Å². The fraction of sp³-hybridized carbons (Fsp3) is 0.680. The average Bonchev–Trinajstić information content (AvgIpc) is 2.80. The Morgan fingerprint density at radius 1 is 1.24 bits per heavy atom. The molecule has 1 amide bonds. The van der Waals surface area contributed by atoms with Crippen LogP contribution in [0.25, 0.3) is 0 Å². The molecule has 0 saturated carbocycles. The van der Waals surface area contributed by atoms with Gasteiger partial charge in [-0.2, -0.15) is 0 Å². The normalized spacial score (nSPS) is 12.9. The number of nitrogens with two attached hydrogens (primary N) is 1. The van der Waals surface area contributed by atoms with Gasteiger partial charge in [-0.25, -0.2) is 9.97 Å². The molecule has 9 heteroatoms. The number of hydrogen-bond acceptors (Lipinski definition) is 8. The number of unbranched alkanes of at least 4 members (excludes halogenated alkanes) is 2. The number of nitrogen functional groups attached to an aromatic ring is 1. The molecule has 0 radical (unpaired) electrons. The summed E-state index contributed by atoms with van der Waals surface area (Å²) < 4.78 is 5.44. The van der Waals surface area contributed by atoms with Crippen molar-refractivity contribution in [2.75, 3.05) is 12.3 Å². The van der Waals surface area contributed by atoms with E-state index in [0.717, 1.165) is 29.9 Å². The maximum Gasteiger partial charge on any atom is 0.308 e. The Labute approximate surface area is 213 Å². The number of allylic oxidation sites excluding steroid dienone is 1. The van der Waals surface area contributed by atoms with Crippen molar-refractivity contribution >= 4 is 39.8 Å². The van der Waals surface area contributed by atoms with Crippen LogP contribution in [0.1, 0.15) is 91.0 Å². The van der Waals surface area contributed by atoms with Gasteiger partial charge in [-0.3, -0.25) is 9.59 Å². The van der Waals surface area contributed by atoms with Crippen LogP contribution in [-0.2, 0) is 20.9 Å². The van der Waals surface area contributed by atoms with Gasteiger partial charge in [0.05, 0.1) is 19.1 Å². The molecule has 1 atom stereocenters. The Morgan fingerprint density at radius 3 is 2.56 bits per heavy atom. The Bertz CT molecular complexity index is 802. The largest absolute Gasteiger partial charge is 0.465 e. The highest BCUT2D eigenvalue weighted by atomic mass is 33.1. The van der Waals surface area contributed by atoms with Crippen LogP contribution in [0.3, 0.4) is 0 Å². The van der Waals surface area contributed by atoms with Crippen molar-refractivity contribution in [3.8, 4) is 0 Å². The van der Waals surface area contributed by atoms with Crippen LogP contribution in [0, 0.1) is 12.8 Å². The van der Waals surface area contributed by atoms with Gasteiger partial charge in [0.1, 0.15) is 11.6 Å². The highest BCUT2D eigenvalue weighted by molar-refractivity contribution is 8.78. The van der Waals surface area contributed by atoms with Gasteiger partial charge in [-0.15, -0.1) is 0 Å². The SMILES string of the molecule is CCCCCC(CCC)SS/C(CCOC(=O)C(C)C)=C(\C)N(C=O)Cc1cnc(C)nc1N. The Morgan fingerprint density at radius 2 is 1.97 bits per heavy atom. The second-order valence-corrected chi connectivity index (χ2v) is 11.3. The van der Waals surface area contributed by atoms with Crippen molar-refractivity contribution in [3.63, 3.8) is 0 Å². The number of nitrogens with zero attached hydrogens (tertiary/aromatic N) is 3. The van der Waals surface area contributed by atoms with Crippen molar-refractivity contribution in [1.82, 2.24) is 14.9 Å². The van der Waals surface area contributed by atoms with Crippen LogP contribution < -0.4 is 5.73 Å². The number of aryl methyl sites for hydroxylation is 1. The molecule has 0 bridgehead atoms. The van der Waals surface area contributed by atoms with Gasteiger partial charge in [0.2, 0.25) is 6.41 Å². The van der Waals surface area contributed by atoms with Gasteiger partial charge < -0.3 is 15.4 Å². The Balaban J connectivity index is 3.04. The van der Waals surface area contributed by atoms with E-state index in [2.05, 4.69) is 23.8 Å². The fourth-order valence-electron chi connectivity index (χ4n) is 3.22. The minimum Gasteiger partial charge on any atom is -0.465 e. The first-order chi connectivity index (χ1) is 16.2. The van der Waals surface area contributed by atoms with Crippen LogP contribution in [-0.4, -0.2) is 39.1 Å². The van der Waals surface area contributed by atoms with Gasteiger partial charge in [0.25, 0.3) is 0 Å². The summed E-state index contributed by atoms with van der Waals surface area (Å²) in [6, 6.07) is 0. The molecule has 1 heterocycles. The maximum absolute atomic E-state index is 12.0. The van der Waals surface area contributed by atoms with E-state index in [1.54, 1.807) is 28.8 Å². The molecule has 0 aromatic carbocycles. The lowest BCUT2D eigenvalue weighted by atomic mass is 10.1. The first kappa shape index (κ1) is 30.3. The van der Waals surface area contributed by atoms with Crippen molar-refractivity contribution in [1.29, 1.82) is 0 Å². The van der Waals surface area contributed by atoms with Crippen molar-refractivity contribution in [2.24, 2.45) is 5.92 Å². The molecule has 192 valence electrons. The molecule has 2 N–H and O–H groups in total. The van der Waals surface area contributed by atoms with Gasteiger partial charge >= 0.3 is 5.97 Å². The predicted molar refractivity (Wildman–Crippen MR) is 144 cm³/mol. The topological polar surface area (TPSA) is 98.4 Å². The average molecular weight is 511 g/mol. The number of carbonyl (C=O) groups is 2. The van der Waals surface area contributed by atoms with Gasteiger partial charge in [0, 0.05) is 34.0 Å². The van der Waals surface area contributed by atoms with Crippen molar-refractivity contribution in [2.45, 2.75) is 98.3 Å². The lowest BCUT2D eigenvalue weighted by molar-refractivity contribution is -0.147. The molecule has 1 aromatic rings. The molecular formula is C25H42N4O3S2. The number of amides is 1. The number of anilines is 1. The Hall–Kier alpha value is -1.74. The lowest BCUT2D eigenvalue weighted by Crippen LogP contribution is -2.22. The third-order valence-electron chi connectivity index (χ3n) is 5.39. The summed E-state index contributed by atoms with van der Waals surface area (Å²) in [5.41, 5.74) is 7.58. The lowest BCUT2D eigenvalue weighted by Gasteiger charge is -2.23. The minimum absolute atomic E-state index is 0.168. The van der Waals surface area contributed by atoms with Crippen LogP contribution in [0.15, 0.2) is 16.8 Å². The van der Waals surface area contributed by atoms with Gasteiger partial charge in [-0.05, 0) is 26.7 Å². The fourth-order valence-corrected chi connectivity index (χ4v) is 6.41. The quantitative estimate of drug-likeness (QED) is 0.113. The van der Waals surface area contributed by atoms with E-state index in [4.69, 9.17) is 10.5 Å². The Kier molecular flexibility index (Phi) is 15.0. The minimum atomic E-state index is -0.213.